The topological polar surface area (TPSA) is 84.4 Å². The van der Waals surface area contributed by atoms with Gasteiger partial charge in [-0.3, -0.25) is 9.67 Å². The molecule has 0 atom stereocenters. The van der Waals surface area contributed by atoms with Crippen LogP contribution in [0.4, 0.5) is 0 Å². The zero-order valence-electron chi connectivity index (χ0n) is 15.9. The Balaban J connectivity index is 0.00000261. The van der Waals surface area contributed by atoms with Crippen molar-refractivity contribution in [1.82, 2.24) is 30.0 Å². The van der Waals surface area contributed by atoms with E-state index in [9.17, 15) is 0 Å². The first-order chi connectivity index (χ1) is 12.6. The number of nitrogens with one attached hydrogen (secondary N) is 1. The van der Waals surface area contributed by atoms with Crippen molar-refractivity contribution >= 4 is 29.9 Å². The molecule has 0 aliphatic rings. The predicted molar refractivity (Wildman–Crippen MR) is 115 cm³/mol. The van der Waals surface area contributed by atoms with Crippen LogP contribution in [-0.2, 0) is 20.1 Å². The van der Waals surface area contributed by atoms with Gasteiger partial charge in [0.05, 0.1) is 18.8 Å². The van der Waals surface area contributed by atoms with E-state index in [2.05, 4.69) is 32.3 Å². The number of oxazole rings is 1. The zero-order chi connectivity index (χ0) is 18.5. The second kappa shape index (κ2) is 9.49. The molecule has 0 unspecified atom stereocenters. The number of nitrogens with zero attached hydrogens (tertiary/aromatic N) is 6. The molecule has 2 aromatic heterocycles. The van der Waals surface area contributed by atoms with Crippen LogP contribution in [0.1, 0.15) is 17.1 Å². The van der Waals surface area contributed by atoms with Crippen molar-refractivity contribution in [3.8, 4) is 11.5 Å². The highest BCUT2D eigenvalue weighted by molar-refractivity contribution is 14.0. The molecule has 3 aromatic rings. The third kappa shape index (κ3) is 5.28. The fourth-order valence-electron chi connectivity index (χ4n) is 2.52. The van der Waals surface area contributed by atoms with Crippen molar-refractivity contribution in [2.75, 3.05) is 14.1 Å². The molecule has 0 radical (unpaired) electrons. The summed E-state index contributed by atoms with van der Waals surface area (Å²) in [5.74, 6) is 2.22. The Bertz CT molecular complexity index is 885. The molecule has 0 spiro atoms. The first-order valence-electron chi connectivity index (χ1n) is 8.33. The SMILES string of the molecule is CN=C(NCc1coc(-c2ccc(C)cc2)n1)N(C)Cc1ncnn1C.I. The summed E-state index contributed by atoms with van der Waals surface area (Å²) in [4.78, 5) is 15.1. The summed E-state index contributed by atoms with van der Waals surface area (Å²) >= 11 is 0. The molecule has 0 aliphatic carbocycles. The summed E-state index contributed by atoms with van der Waals surface area (Å²) in [6, 6.07) is 8.10. The van der Waals surface area contributed by atoms with Crippen LogP contribution < -0.4 is 5.32 Å². The highest BCUT2D eigenvalue weighted by Gasteiger charge is 2.11. The van der Waals surface area contributed by atoms with E-state index >= 15 is 0 Å². The van der Waals surface area contributed by atoms with E-state index in [1.54, 1.807) is 24.3 Å². The Labute approximate surface area is 175 Å². The van der Waals surface area contributed by atoms with Crippen LogP contribution in [0.2, 0.25) is 0 Å². The Morgan fingerprint density at radius 3 is 2.67 bits per heavy atom. The highest BCUT2D eigenvalue weighted by atomic mass is 127. The lowest BCUT2D eigenvalue weighted by atomic mass is 10.1. The standard InChI is InChI=1S/C18H23N7O.HI/c1-13-5-7-14(8-6-13)17-23-15(11-26-17)9-20-18(19-2)24(3)10-16-21-12-22-25(16)4;/h5-8,11-12H,9-10H2,1-4H3,(H,19,20);1H. The monoisotopic (exact) mass is 481 g/mol. The number of benzene rings is 1. The molecular weight excluding hydrogens is 457 g/mol. The predicted octanol–water partition coefficient (Wildman–Crippen LogP) is 2.60. The molecule has 144 valence electrons. The van der Waals surface area contributed by atoms with Crippen molar-refractivity contribution in [2.24, 2.45) is 12.0 Å². The van der Waals surface area contributed by atoms with Gasteiger partial charge in [-0.2, -0.15) is 5.10 Å². The van der Waals surface area contributed by atoms with Crippen molar-refractivity contribution in [3.05, 3.63) is 53.9 Å². The van der Waals surface area contributed by atoms with Crippen molar-refractivity contribution in [2.45, 2.75) is 20.0 Å². The van der Waals surface area contributed by atoms with Gasteiger partial charge >= 0.3 is 0 Å². The largest absolute Gasteiger partial charge is 0.444 e. The Morgan fingerprint density at radius 2 is 2.04 bits per heavy atom. The maximum atomic E-state index is 5.59. The Hall–Kier alpha value is -2.43. The fraction of sp³-hybridized carbons (Fsp3) is 0.333. The van der Waals surface area contributed by atoms with E-state index in [1.807, 2.05) is 43.3 Å². The van der Waals surface area contributed by atoms with Gasteiger partial charge in [0.1, 0.15) is 18.4 Å². The van der Waals surface area contributed by atoms with Crippen molar-refractivity contribution in [1.29, 1.82) is 0 Å². The average Bonchev–Trinajstić information content (AvgIpc) is 3.26. The van der Waals surface area contributed by atoms with E-state index < -0.39 is 0 Å². The number of guanidine groups is 1. The first kappa shape index (κ1) is 20.9. The highest BCUT2D eigenvalue weighted by Crippen LogP contribution is 2.19. The average molecular weight is 481 g/mol. The van der Waals surface area contributed by atoms with E-state index in [-0.39, 0.29) is 24.0 Å². The fourth-order valence-corrected chi connectivity index (χ4v) is 2.52. The summed E-state index contributed by atoms with van der Waals surface area (Å²) in [5.41, 5.74) is 2.98. The molecule has 0 saturated carbocycles. The Morgan fingerprint density at radius 1 is 1.30 bits per heavy atom. The molecule has 9 heteroatoms. The summed E-state index contributed by atoms with van der Waals surface area (Å²) in [6.07, 6.45) is 3.21. The minimum Gasteiger partial charge on any atom is -0.444 e. The number of aliphatic imine (C=N–C) groups is 1. The van der Waals surface area contributed by atoms with Crippen LogP contribution in [0, 0.1) is 6.92 Å². The van der Waals surface area contributed by atoms with Gasteiger partial charge in [-0.15, -0.1) is 24.0 Å². The molecule has 0 amide bonds. The van der Waals surface area contributed by atoms with Crippen LogP contribution >= 0.6 is 24.0 Å². The van der Waals surface area contributed by atoms with Gasteiger partial charge in [0.15, 0.2) is 5.96 Å². The summed E-state index contributed by atoms with van der Waals surface area (Å²) in [5, 5.41) is 7.37. The number of aryl methyl sites for hydroxylation is 2. The molecule has 8 nitrogen and oxygen atoms in total. The quantitative estimate of drug-likeness (QED) is 0.343. The third-order valence-corrected chi connectivity index (χ3v) is 4.03. The third-order valence-electron chi connectivity index (χ3n) is 4.03. The number of hydrogen-bond donors (Lipinski definition) is 1. The van der Waals surface area contributed by atoms with Crippen LogP contribution in [0.5, 0.6) is 0 Å². The number of aromatic nitrogens is 4. The molecule has 0 aliphatic heterocycles. The van der Waals surface area contributed by atoms with Gasteiger partial charge in [0.2, 0.25) is 5.89 Å². The van der Waals surface area contributed by atoms with E-state index in [0.29, 0.717) is 19.0 Å². The van der Waals surface area contributed by atoms with Crippen LogP contribution in [-0.4, -0.2) is 44.7 Å². The van der Waals surface area contributed by atoms with Crippen molar-refractivity contribution in [3.63, 3.8) is 0 Å². The molecule has 27 heavy (non-hydrogen) atoms. The lowest BCUT2D eigenvalue weighted by molar-refractivity contribution is 0.448. The summed E-state index contributed by atoms with van der Waals surface area (Å²) in [7, 11) is 5.56. The van der Waals surface area contributed by atoms with Gasteiger partial charge in [0.25, 0.3) is 0 Å². The van der Waals surface area contributed by atoms with Gasteiger partial charge in [-0.1, -0.05) is 17.7 Å². The van der Waals surface area contributed by atoms with Gasteiger partial charge < -0.3 is 14.6 Å². The zero-order valence-corrected chi connectivity index (χ0v) is 18.2. The minimum absolute atomic E-state index is 0. The molecular formula is C18H24IN7O. The molecule has 3 rings (SSSR count). The second-order valence-electron chi connectivity index (χ2n) is 6.07. The maximum absolute atomic E-state index is 5.59. The maximum Gasteiger partial charge on any atom is 0.226 e. The smallest absolute Gasteiger partial charge is 0.226 e. The van der Waals surface area contributed by atoms with Crippen LogP contribution in [0.3, 0.4) is 0 Å². The molecule has 0 saturated heterocycles. The number of hydrogen-bond acceptors (Lipinski definition) is 5. The van der Waals surface area contributed by atoms with Crippen molar-refractivity contribution < 1.29 is 4.42 Å². The summed E-state index contributed by atoms with van der Waals surface area (Å²) in [6.45, 7) is 3.17. The van der Waals surface area contributed by atoms with Gasteiger partial charge in [0, 0.05) is 26.7 Å². The molecule has 2 heterocycles. The minimum atomic E-state index is 0. The molecule has 0 bridgehead atoms. The van der Waals surface area contributed by atoms with Crippen LogP contribution in [0.15, 0.2) is 46.3 Å². The first-order valence-corrected chi connectivity index (χ1v) is 8.33. The summed E-state index contributed by atoms with van der Waals surface area (Å²) < 4.78 is 7.34. The number of rotatable bonds is 5. The van der Waals surface area contributed by atoms with Crippen LogP contribution in [0.25, 0.3) is 11.5 Å². The van der Waals surface area contributed by atoms with Gasteiger partial charge in [-0.05, 0) is 19.1 Å². The lowest BCUT2D eigenvalue weighted by Gasteiger charge is -2.21. The van der Waals surface area contributed by atoms with E-state index in [1.165, 1.54) is 5.56 Å². The molecule has 0 fully saturated rings. The van der Waals surface area contributed by atoms with Gasteiger partial charge in [-0.25, -0.2) is 9.97 Å². The second-order valence-corrected chi connectivity index (χ2v) is 6.07. The Kier molecular flexibility index (Phi) is 7.34. The lowest BCUT2D eigenvalue weighted by Crippen LogP contribution is -2.38. The number of halogens is 1. The van der Waals surface area contributed by atoms with E-state index in [4.69, 9.17) is 4.42 Å². The molecule has 1 aromatic carbocycles. The normalized spacial score (nSPS) is 11.2. The molecule has 1 N–H and O–H groups in total. The van der Waals surface area contributed by atoms with E-state index in [0.717, 1.165) is 23.0 Å².